The summed E-state index contributed by atoms with van der Waals surface area (Å²) >= 11 is 0. The molecule has 5 heteroatoms. The van der Waals surface area contributed by atoms with Crippen molar-refractivity contribution < 1.29 is 8.42 Å². The second kappa shape index (κ2) is 4.16. The molecule has 98 valence electrons. The van der Waals surface area contributed by atoms with Crippen LogP contribution in [0.2, 0.25) is 0 Å². The Balaban J connectivity index is 2.04. The first-order valence-corrected chi connectivity index (χ1v) is 8.10. The molecule has 0 amide bonds. The van der Waals surface area contributed by atoms with E-state index in [0.29, 0.717) is 12.6 Å². The number of anilines is 2. The molecule has 0 bridgehead atoms. The maximum atomic E-state index is 12.1. The predicted molar refractivity (Wildman–Crippen MR) is 73.6 cm³/mol. The monoisotopic (exact) mass is 266 g/mol. The average Bonchev–Trinajstić information content (AvgIpc) is 3.21. The third-order valence-electron chi connectivity index (χ3n) is 3.69. The number of rotatable bonds is 3. The van der Waals surface area contributed by atoms with E-state index in [0.717, 1.165) is 17.9 Å². The van der Waals surface area contributed by atoms with E-state index < -0.39 is 10.0 Å². The van der Waals surface area contributed by atoms with Gasteiger partial charge in [-0.1, -0.05) is 12.1 Å². The van der Waals surface area contributed by atoms with Gasteiger partial charge in [-0.2, -0.15) is 0 Å². The SMILES string of the molecule is CCS(=O)(=O)N1CCN(C2CC2)c2ccccc21. The van der Waals surface area contributed by atoms with E-state index >= 15 is 0 Å². The fourth-order valence-electron chi connectivity index (χ4n) is 2.57. The lowest BCUT2D eigenvalue weighted by Gasteiger charge is -2.38. The lowest BCUT2D eigenvalue weighted by atomic mass is 10.2. The normalized spacial score (nSPS) is 19.8. The molecule has 0 spiro atoms. The van der Waals surface area contributed by atoms with Crippen molar-refractivity contribution >= 4 is 21.4 Å². The molecule has 2 aliphatic rings. The first-order chi connectivity index (χ1) is 8.63. The number of fused-ring (bicyclic) bond motifs is 1. The van der Waals surface area contributed by atoms with Gasteiger partial charge in [-0.3, -0.25) is 4.31 Å². The van der Waals surface area contributed by atoms with E-state index in [9.17, 15) is 8.42 Å². The second-order valence-corrected chi connectivity index (χ2v) is 7.07. The Bertz CT molecular complexity index is 552. The first kappa shape index (κ1) is 11.8. The third kappa shape index (κ3) is 1.86. The molecule has 1 aromatic rings. The Hall–Kier alpha value is -1.23. The minimum absolute atomic E-state index is 0.158. The molecule has 1 heterocycles. The van der Waals surface area contributed by atoms with Gasteiger partial charge in [-0.05, 0) is 31.9 Å². The van der Waals surface area contributed by atoms with Crippen LogP contribution in [0.15, 0.2) is 24.3 Å². The summed E-state index contributed by atoms with van der Waals surface area (Å²) in [6.07, 6.45) is 2.46. The van der Waals surface area contributed by atoms with Crippen LogP contribution < -0.4 is 9.21 Å². The van der Waals surface area contributed by atoms with Gasteiger partial charge in [-0.25, -0.2) is 8.42 Å². The summed E-state index contributed by atoms with van der Waals surface area (Å²) in [4.78, 5) is 2.36. The first-order valence-electron chi connectivity index (χ1n) is 6.49. The fraction of sp³-hybridized carbons (Fsp3) is 0.538. The highest BCUT2D eigenvalue weighted by molar-refractivity contribution is 7.92. The van der Waals surface area contributed by atoms with Crippen molar-refractivity contribution in [1.82, 2.24) is 0 Å². The van der Waals surface area contributed by atoms with E-state index in [1.807, 2.05) is 24.3 Å². The second-order valence-electron chi connectivity index (χ2n) is 4.89. The van der Waals surface area contributed by atoms with Gasteiger partial charge in [0.2, 0.25) is 10.0 Å². The minimum Gasteiger partial charge on any atom is -0.365 e. The number of para-hydroxylation sites is 2. The molecule has 0 aromatic heterocycles. The van der Waals surface area contributed by atoms with Crippen molar-refractivity contribution in [1.29, 1.82) is 0 Å². The van der Waals surface area contributed by atoms with E-state index in [4.69, 9.17) is 0 Å². The molecule has 18 heavy (non-hydrogen) atoms. The van der Waals surface area contributed by atoms with Crippen molar-refractivity contribution in [3.05, 3.63) is 24.3 Å². The predicted octanol–water partition coefficient (Wildman–Crippen LogP) is 1.83. The topological polar surface area (TPSA) is 40.6 Å². The third-order valence-corrected chi connectivity index (χ3v) is 5.47. The van der Waals surface area contributed by atoms with Crippen molar-refractivity contribution in [3.63, 3.8) is 0 Å². The Labute approximate surface area is 108 Å². The van der Waals surface area contributed by atoms with Crippen molar-refractivity contribution in [2.24, 2.45) is 0 Å². The van der Waals surface area contributed by atoms with Crippen molar-refractivity contribution in [3.8, 4) is 0 Å². The van der Waals surface area contributed by atoms with Gasteiger partial charge in [0.25, 0.3) is 0 Å². The summed E-state index contributed by atoms with van der Waals surface area (Å²) in [5.41, 5.74) is 1.92. The molecular formula is C13H18N2O2S. The van der Waals surface area contributed by atoms with Gasteiger partial charge in [0.05, 0.1) is 23.7 Å². The van der Waals surface area contributed by atoms with Crippen LogP contribution in [-0.2, 0) is 10.0 Å². The number of benzene rings is 1. The Kier molecular flexibility index (Phi) is 2.73. The molecule has 0 radical (unpaired) electrons. The van der Waals surface area contributed by atoms with Gasteiger partial charge in [-0.15, -0.1) is 0 Å². The molecular weight excluding hydrogens is 248 g/mol. The van der Waals surface area contributed by atoms with Crippen LogP contribution in [0.1, 0.15) is 19.8 Å². The number of nitrogens with zero attached hydrogens (tertiary/aromatic N) is 2. The summed E-state index contributed by atoms with van der Waals surface area (Å²) in [5, 5.41) is 0. The van der Waals surface area contributed by atoms with Gasteiger partial charge in [0, 0.05) is 12.6 Å². The van der Waals surface area contributed by atoms with Crippen LogP contribution in [0.5, 0.6) is 0 Å². The lowest BCUT2D eigenvalue weighted by molar-refractivity contribution is 0.589. The van der Waals surface area contributed by atoms with Crippen LogP contribution >= 0.6 is 0 Å². The molecule has 0 unspecified atom stereocenters. The van der Waals surface area contributed by atoms with Crippen LogP contribution in [0.25, 0.3) is 0 Å². The zero-order valence-electron chi connectivity index (χ0n) is 10.5. The fourth-order valence-corrected chi connectivity index (χ4v) is 3.69. The van der Waals surface area contributed by atoms with Gasteiger partial charge < -0.3 is 4.90 Å². The van der Waals surface area contributed by atoms with Crippen LogP contribution in [-0.4, -0.2) is 33.3 Å². The highest BCUT2D eigenvalue weighted by Gasteiger charge is 2.36. The van der Waals surface area contributed by atoms with Crippen molar-refractivity contribution in [2.75, 3.05) is 28.0 Å². The van der Waals surface area contributed by atoms with E-state index in [2.05, 4.69) is 4.90 Å². The van der Waals surface area contributed by atoms with Crippen LogP contribution in [0.3, 0.4) is 0 Å². The summed E-state index contributed by atoms with van der Waals surface area (Å²) in [5.74, 6) is 0.158. The molecule has 3 rings (SSSR count). The van der Waals surface area contributed by atoms with Gasteiger partial charge in [0.1, 0.15) is 0 Å². The molecule has 0 N–H and O–H groups in total. The molecule has 1 aromatic carbocycles. The number of sulfonamides is 1. The summed E-state index contributed by atoms with van der Waals surface area (Å²) in [6, 6.07) is 8.46. The Morgan fingerprint density at radius 1 is 1.17 bits per heavy atom. The lowest BCUT2D eigenvalue weighted by Crippen LogP contribution is -2.45. The Morgan fingerprint density at radius 2 is 1.83 bits per heavy atom. The number of hydrogen-bond acceptors (Lipinski definition) is 3. The summed E-state index contributed by atoms with van der Waals surface area (Å²) in [6.45, 7) is 3.08. The Morgan fingerprint density at radius 3 is 2.44 bits per heavy atom. The molecule has 0 saturated heterocycles. The van der Waals surface area contributed by atoms with E-state index in [1.54, 1.807) is 11.2 Å². The van der Waals surface area contributed by atoms with Crippen molar-refractivity contribution in [2.45, 2.75) is 25.8 Å². The molecule has 1 fully saturated rings. The zero-order chi connectivity index (χ0) is 12.8. The van der Waals surface area contributed by atoms with Gasteiger partial charge >= 0.3 is 0 Å². The maximum Gasteiger partial charge on any atom is 0.235 e. The molecule has 1 aliphatic heterocycles. The highest BCUT2D eigenvalue weighted by Crippen LogP contribution is 2.40. The molecule has 1 aliphatic carbocycles. The summed E-state index contributed by atoms with van der Waals surface area (Å²) < 4.78 is 25.8. The molecule has 1 saturated carbocycles. The van der Waals surface area contributed by atoms with E-state index in [1.165, 1.54) is 12.8 Å². The molecule has 4 nitrogen and oxygen atoms in total. The average molecular weight is 266 g/mol. The standard InChI is InChI=1S/C13H18N2O2S/c1-2-18(16,17)15-10-9-14(11-7-8-11)12-5-3-4-6-13(12)15/h3-6,11H,2,7-10H2,1H3. The van der Waals surface area contributed by atoms with E-state index in [-0.39, 0.29) is 5.75 Å². The quantitative estimate of drug-likeness (QED) is 0.838. The van der Waals surface area contributed by atoms with Gasteiger partial charge in [0.15, 0.2) is 0 Å². The number of hydrogen-bond donors (Lipinski definition) is 0. The largest absolute Gasteiger partial charge is 0.365 e. The van der Waals surface area contributed by atoms with Crippen LogP contribution in [0.4, 0.5) is 11.4 Å². The smallest absolute Gasteiger partial charge is 0.235 e. The minimum atomic E-state index is -3.16. The summed E-state index contributed by atoms with van der Waals surface area (Å²) in [7, 11) is -3.16. The maximum absolute atomic E-state index is 12.1. The molecule has 0 atom stereocenters. The zero-order valence-corrected chi connectivity index (χ0v) is 11.4. The highest BCUT2D eigenvalue weighted by atomic mass is 32.2. The van der Waals surface area contributed by atoms with Crippen LogP contribution in [0, 0.1) is 0 Å².